The number of nitrogens with two attached hydrogens (primary N) is 1. The van der Waals surface area contributed by atoms with Gasteiger partial charge in [0.05, 0.1) is 0 Å². The molecule has 0 saturated carbocycles. The van der Waals surface area contributed by atoms with Gasteiger partial charge in [-0.1, -0.05) is 48.5 Å². The molecule has 0 aliphatic carbocycles. The monoisotopic (exact) mass is 204 g/mol. The molecule has 1 unspecified atom stereocenters. The Bertz CT molecular complexity index is 72.7. The van der Waals surface area contributed by atoms with Crippen LogP contribution in [0, 0.1) is 5.92 Å². The van der Waals surface area contributed by atoms with Crippen molar-refractivity contribution in [3.8, 4) is 0 Å². The van der Waals surface area contributed by atoms with E-state index in [4.69, 9.17) is 5.73 Å². The summed E-state index contributed by atoms with van der Waals surface area (Å²) in [6.07, 6.45) is 1.19. The van der Waals surface area contributed by atoms with E-state index in [9.17, 15) is 0 Å². The van der Waals surface area contributed by atoms with Crippen LogP contribution < -0.4 is 11.1 Å². The van der Waals surface area contributed by atoms with Crippen LogP contribution in [0.3, 0.4) is 0 Å². The molecule has 3 N–H and O–H groups in total. The van der Waals surface area contributed by atoms with E-state index in [0.29, 0.717) is 12.0 Å². The number of hydrogen-bond donors (Lipinski definition) is 2. The molecule has 0 aromatic rings. The van der Waals surface area contributed by atoms with Crippen molar-refractivity contribution in [2.45, 2.75) is 60.9 Å². The van der Waals surface area contributed by atoms with E-state index in [1.165, 1.54) is 6.42 Å². The van der Waals surface area contributed by atoms with Crippen molar-refractivity contribution in [2.75, 3.05) is 13.1 Å². The largest absolute Gasteiger partial charge is 0.330 e. The third-order valence-corrected chi connectivity index (χ3v) is 1.59. The topological polar surface area (TPSA) is 38.0 Å². The summed E-state index contributed by atoms with van der Waals surface area (Å²) in [4.78, 5) is 0. The van der Waals surface area contributed by atoms with E-state index in [-0.39, 0.29) is 0 Å². The Morgan fingerprint density at radius 3 is 1.71 bits per heavy atom. The molecule has 14 heavy (non-hydrogen) atoms. The van der Waals surface area contributed by atoms with Gasteiger partial charge in [0.2, 0.25) is 0 Å². The Labute approximate surface area is 91.7 Å². The van der Waals surface area contributed by atoms with Gasteiger partial charge in [-0.25, -0.2) is 0 Å². The normalized spacial score (nSPS) is 10.9. The van der Waals surface area contributed by atoms with Crippen molar-refractivity contribution in [1.29, 1.82) is 0 Å². The SMILES string of the molecule is CC.CC.CC(CN)CCNC(C)C. The quantitative estimate of drug-likeness (QED) is 0.722. The minimum Gasteiger partial charge on any atom is -0.330 e. The summed E-state index contributed by atoms with van der Waals surface area (Å²) < 4.78 is 0. The first-order chi connectivity index (χ1) is 6.66. The van der Waals surface area contributed by atoms with Gasteiger partial charge in [0.25, 0.3) is 0 Å². The van der Waals surface area contributed by atoms with Crippen LogP contribution in [0.5, 0.6) is 0 Å². The van der Waals surface area contributed by atoms with Crippen LogP contribution in [0.25, 0.3) is 0 Å². The van der Waals surface area contributed by atoms with Crippen LogP contribution in [0.4, 0.5) is 0 Å². The molecule has 0 bridgehead atoms. The lowest BCUT2D eigenvalue weighted by molar-refractivity contribution is 0.485. The molecule has 0 fully saturated rings. The van der Waals surface area contributed by atoms with Crippen LogP contribution in [-0.2, 0) is 0 Å². The third-order valence-electron chi connectivity index (χ3n) is 1.59. The lowest BCUT2D eigenvalue weighted by Gasteiger charge is -2.10. The smallest absolute Gasteiger partial charge is 0.00103 e. The van der Waals surface area contributed by atoms with E-state index in [1.54, 1.807) is 0 Å². The molecule has 2 heteroatoms. The van der Waals surface area contributed by atoms with E-state index in [1.807, 2.05) is 27.7 Å². The van der Waals surface area contributed by atoms with Crippen LogP contribution in [-0.4, -0.2) is 19.1 Å². The highest BCUT2D eigenvalue weighted by molar-refractivity contribution is 4.57. The number of hydrogen-bond acceptors (Lipinski definition) is 2. The van der Waals surface area contributed by atoms with Crippen molar-refractivity contribution in [2.24, 2.45) is 11.7 Å². The molecule has 0 aliphatic rings. The van der Waals surface area contributed by atoms with E-state index < -0.39 is 0 Å². The van der Waals surface area contributed by atoms with Crippen LogP contribution >= 0.6 is 0 Å². The first-order valence-electron chi connectivity index (χ1n) is 6.10. The average molecular weight is 204 g/mol. The predicted molar refractivity (Wildman–Crippen MR) is 68.7 cm³/mol. The van der Waals surface area contributed by atoms with Gasteiger partial charge in [0, 0.05) is 6.04 Å². The maximum absolute atomic E-state index is 5.46. The van der Waals surface area contributed by atoms with Crippen LogP contribution in [0.1, 0.15) is 54.9 Å². The zero-order chi connectivity index (χ0) is 12.0. The van der Waals surface area contributed by atoms with Crippen molar-refractivity contribution in [3.05, 3.63) is 0 Å². The predicted octanol–water partition coefficient (Wildman–Crippen LogP) is 3.02. The maximum Gasteiger partial charge on any atom is 0.00103 e. The molecular weight excluding hydrogens is 172 g/mol. The molecule has 1 atom stereocenters. The number of rotatable bonds is 5. The van der Waals surface area contributed by atoms with Crippen LogP contribution in [0.2, 0.25) is 0 Å². The second kappa shape index (κ2) is 18.7. The standard InChI is InChI=1S/C8H20N2.2C2H6/c1-7(2)10-5-4-8(3)6-9;2*1-2/h7-8,10H,4-6,9H2,1-3H3;2*1-2H3. The Morgan fingerprint density at radius 2 is 1.43 bits per heavy atom. The fourth-order valence-electron chi connectivity index (χ4n) is 0.736. The van der Waals surface area contributed by atoms with Gasteiger partial charge in [-0.3, -0.25) is 0 Å². The molecule has 0 heterocycles. The second-order valence-corrected chi connectivity index (χ2v) is 3.24. The Balaban J connectivity index is -0.000000266. The highest BCUT2D eigenvalue weighted by Crippen LogP contribution is 1.96. The van der Waals surface area contributed by atoms with Crippen molar-refractivity contribution < 1.29 is 0 Å². The molecule has 90 valence electrons. The summed E-state index contributed by atoms with van der Waals surface area (Å²) in [5, 5.41) is 3.36. The number of nitrogens with one attached hydrogen (secondary N) is 1. The average Bonchev–Trinajstić information content (AvgIpc) is 2.23. The highest BCUT2D eigenvalue weighted by Gasteiger charge is 1.98. The third kappa shape index (κ3) is 22.7. The molecular formula is C12H32N2. The summed E-state index contributed by atoms with van der Waals surface area (Å²) in [6.45, 7) is 16.4. The van der Waals surface area contributed by atoms with Crippen molar-refractivity contribution in [3.63, 3.8) is 0 Å². The lowest BCUT2D eigenvalue weighted by Crippen LogP contribution is -2.26. The van der Waals surface area contributed by atoms with Gasteiger partial charge in [-0.2, -0.15) is 0 Å². The molecule has 0 rings (SSSR count). The summed E-state index contributed by atoms with van der Waals surface area (Å²) in [7, 11) is 0. The van der Waals surface area contributed by atoms with Crippen molar-refractivity contribution in [1.82, 2.24) is 5.32 Å². The van der Waals surface area contributed by atoms with Crippen LogP contribution in [0.15, 0.2) is 0 Å². The molecule has 0 radical (unpaired) electrons. The zero-order valence-electron chi connectivity index (χ0n) is 11.4. The van der Waals surface area contributed by atoms with Gasteiger partial charge in [-0.15, -0.1) is 0 Å². The zero-order valence-corrected chi connectivity index (χ0v) is 11.4. The highest BCUT2D eigenvalue weighted by atomic mass is 14.9. The fraction of sp³-hybridized carbons (Fsp3) is 1.00. The van der Waals surface area contributed by atoms with Gasteiger partial charge in [0.15, 0.2) is 0 Å². The molecule has 0 spiro atoms. The van der Waals surface area contributed by atoms with Gasteiger partial charge < -0.3 is 11.1 Å². The van der Waals surface area contributed by atoms with Crippen molar-refractivity contribution >= 4 is 0 Å². The molecule has 0 aliphatic heterocycles. The molecule has 0 aromatic carbocycles. The molecule has 0 amide bonds. The summed E-state index contributed by atoms with van der Waals surface area (Å²) in [6, 6.07) is 0.602. The van der Waals surface area contributed by atoms with E-state index in [2.05, 4.69) is 26.1 Å². The van der Waals surface area contributed by atoms with Gasteiger partial charge >= 0.3 is 0 Å². The Hall–Kier alpha value is -0.0800. The second-order valence-electron chi connectivity index (χ2n) is 3.24. The summed E-state index contributed by atoms with van der Waals surface area (Å²) in [5.74, 6) is 0.659. The van der Waals surface area contributed by atoms with Gasteiger partial charge in [-0.05, 0) is 25.4 Å². The molecule has 2 nitrogen and oxygen atoms in total. The summed E-state index contributed by atoms with van der Waals surface area (Å²) in [5.41, 5.74) is 5.46. The summed E-state index contributed by atoms with van der Waals surface area (Å²) >= 11 is 0. The lowest BCUT2D eigenvalue weighted by atomic mass is 10.1. The molecule has 0 aromatic heterocycles. The minimum atomic E-state index is 0.602. The first-order valence-corrected chi connectivity index (χ1v) is 6.10. The maximum atomic E-state index is 5.46. The molecule has 0 saturated heterocycles. The minimum absolute atomic E-state index is 0.602. The Morgan fingerprint density at radius 1 is 1.00 bits per heavy atom. The van der Waals surface area contributed by atoms with Gasteiger partial charge in [0.1, 0.15) is 0 Å². The van der Waals surface area contributed by atoms with E-state index >= 15 is 0 Å². The first kappa shape index (κ1) is 19.5. The van der Waals surface area contributed by atoms with E-state index in [0.717, 1.165) is 13.1 Å². The fourth-order valence-corrected chi connectivity index (χ4v) is 0.736. The Kier molecular flexibility index (Phi) is 26.0.